The van der Waals surface area contributed by atoms with Crippen LogP contribution in [0.15, 0.2) is 24.3 Å². The number of piperidine rings is 1. The molecule has 2 amide bonds. The van der Waals surface area contributed by atoms with Crippen molar-refractivity contribution < 1.29 is 24.2 Å². The molecule has 1 aromatic carbocycles. The Bertz CT molecular complexity index is 1080. The average Bonchev–Trinajstić information content (AvgIpc) is 3.19. The van der Waals surface area contributed by atoms with Gasteiger partial charge in [0.15, 0.2) is 5.69 Å². The molecule has 2 fully saturated rings. The van der Waals surface area contributed by atoms with E-state index in [0.29, 0.717) is 57.6 Å². The van der Waals surface area contributed by atoms with E-state index >= 15 is 0 Å². The molecule has 0 saturated carbocycles. The summed E-state index contributed by atoms with van der Waals surface area (Å²) in [6.07, 6.45) is 2.52. The fraction of sp³-hybridized carbons (Fsp3) is 0.667. The number of carbonyl (C=O) groups excluding carboxylic acids is 2. The van der Waals surface area contributed by atoms with Gasteiger partial charge in [0, 0.05) is 43.3 Å². The third-order valence-corrected chi connectivity index (χ3v) is 7.03. The van der Waals surface area contributed by atoms with Gasteiger partial charge < -0.3 is 24.8 Å². The predicted molar refractivity (Wildman–Crippen MR) is 137 cm³/mol. The van der Waals surface area contributed by atoms with Gasteiger partial charge in [0.2, 0.25) is 0 Å². The standard InChI is InChI=1S/C27H40N4O5/c1-18(2)31-22-9-7-6-8-21(22)23(29-31)24(32)28-19-10-11-20(16-27(34)12-14-35-15-13-27)30(17-19)25(33)36-26(3,4)5/h6-9,18-20,34H,10-17H2,1-5H3,(H,28,32)/t19-,20-/m1/s1. The minimum absolute atomic E-state index is 0.116. The van der Waals surface area contributed by atoms with E-state index < -0.39 is 17.3 Å². The summed E-state index contributed by atoms with van der Waals surface area (Å²) in [6.45, 7) is 10.9. The van der Waals surface area contributed by atoms with Crippen molar-refractivity contribution in [1.82, 2.24) is 20.0 Å². The number of amides is 2. The summed E-state index contributed by atoms with van der Waals surface area (Å²) in [6, 6.07) is 7.43. The van der Waals surface area contributed by atoms with Crippen LogP contribution >= 0.6 is 0 Å². The number of rotatable bonds is 5. The molecule has 4 rings (SSSR count). The number of aliphatic hydroxyl groups is 1. The van der Waals surface area contributed by atoms with E-state index in [2.05, 4.69) is 10.4 Å². The van der Waals surface area contributed by atoms with Gasteiger partial charge in [0.25, 0.3) is 5.91 Å². The molecule has 3 heterocycles. The number of hydrogen-bond donors (Lipinski definition) is 2. The molecule has 2 aromatic rings. The second-order valence-electron chi connectivity index (χ2n) is 11.5. The highest BCUT2D eigenvalue weighted by Crippen LogP contribution is 2.32. The van der Waals surface area contributed by atoms with Crippen LogP contribution in [0.25, 0.3) is 10.9 Å². The van der Waals surface area contributed by atoms with Gasteiger partial charge in [-0.05, 0) is 72.8 Å². The maximum atomic E-state index is 13.3. The highest BCUT2D eigenvalue weighted by Gasteiger charge is 2.41. The second-order valence-corrected chi connectivity index (χ2v) is 11.5. The number of nitrogens with zero attached hydrogens (tertiary/aromatic N) is 3. The van der Waals surface area contributed by atoms with Gasteiger partial charge in [-0.3, -0.25) is 9.48 Å². The van der Waals surface area contributed by atoms with E-state index in [9.17, 15) is 14.7 Å². The van der Waals surface area contributed by atoms with Gasteiger partial charge >= 0.3 is 6.09 Å². The first-order chi connectivity index (χ1) is 17.0. The molecule has 0 unspecified atom stereocenters. The van der Waals surface area contributed by atoms with Crippen molar-refractivity contribution in [3.63, 3.8) is 0 Å². The van der Waals surface area contributed by atoms with Gasteiger partial charge in [0.1, 0.15) is 5.60 Å². The lowest BCUT2D eigenvalue weighted by atomic mass is 9.83. The van der Waals surface area contributed by atoms with Crippen LogP contribution in [0.4, 0.5) is 4.79 Å². The summed E-state index contributed by atoms with van der Waals surface area (Å²) >= 11 is 0. The van der Waals surface area contributed by atoms with Crippen molar-refractivity contribution in [1.29, 1.82) is 0 Å². The Labute approximate surface area is 213 Å². The van der Waals surface area contributed by atoms with Gasteiger partial charge in [0.05, 0.1) is 11.1 Å². The van der Waals surface area contributed by atoms with Crippen molar-refractivity contribution >= 4 is 22.9 Å². The number of aromatic nitrogens is 2. The quantitative estimate of drug-likeness (QED) is 0.642. The van der Waals surface area contributed by atoms with Crippen LogP contribution in [-0.2, 0) is 9.47 Å². The molecule has 2 saturated heterocycles. The summed E-state index contributed by atoms with van der Waals surface area (Å²) in [4.78, 5) is 28.2. The number of nitrogens with one attached hydrogen (secondary N) is 1. The molecule has 198 valence electrons. The molecule has 1 aromatic heterocycles. The number of hydrogen-bond acceptors (Lipinski definition) is 6. The largest absolute Gasteiger partial charge is 0.444 e. The topological polar surface area (TPSA) is 106 Å². The number of likely N-dealkylation sites (tertiary alicyclic amines) is 1. The zero-order valence-electron chi connectivity index (χ0n) is 22.1. The Balaban J connectivity index is 1.51. The van der Waals surface area contributed by atoms with Crippen molar-refractivity contribution in [2.45, 2.75) is 96.1 Å². The Morgan fingerprint density at radius 3 is 2.58 bits per heavy atom. The molecule has 9 heteroatoms. The van der Waals surface area contributed by atoms with Crippen LogP contribution in [0.2, 0.25) is 0 Å². The van der Waals surface area contributed by atoms with Gasteiger partial charge in [-0.2, -0.15) is 5.10 Å². The number of ether oxygens (including phenoxy) is 2. The molecular formula is C27H40N4O5. The zero-order valence-corrected chi connectivity index (χ0v) is 22.1. The summed E-state index contributed by atoms with van der Waals surface area (Å²) in [7, 11) is 0. The van der Waals surface area contributed by atoms with Crippen LogP contribution in [0.1, 0.15) is 83.3 Å². The van der Waals surface area contributed by atoms with Crippen LogP contribution < -0.4 is 5.32 Å². The molecule has 9 nitrogen and oxygen atoms in total. The number of benzene rings is 1. The van der Waals surface area contributed by atoms with E-state index in [4.69, 9.17) is 9.47 Å². The summed E-state index contributed by atoms with van der Waals surface area (Å²) in [5.41, 5.74) is -0.194. The van der Waals surface area contributed by atoms with Crippen molar-refractivity contribution in [2.24, 2.45) is 0 Å². The van der Waals surface area contributed by atoms with Crippen molar-refractivity contribution in [2.75, 3.05) is 19.8 Å². The van der Waals surface area contributed by atoms with Crippen LogP contribution in [-0.4, -0.2) is 74.8 Å². The van der Waals surface area contributed by atoms with E-state index in [-0.39, 0.29) is 24.0 Å². The minimum Gasteiger partial charge on any atom is -0.444 e. The first-order valence-electron chi connectivity index (χ1n) is 13.0. The lowest BCUT2D eigenvalue weighted by Crippen LogP contribution is -2.57. The summed E-state index contributed by atoms with van der Waals surface area (Å²) < 4.78 is 13.0. The first kappa shape index (κ1) is 26.4. The molecule has 36 heavy (non-hydrogen) atoms. The Morgan fingerprint density at radius 1 is 1.22 bits per heavy atom. The fourth-order valence-corrected chi connectivity index (χ4v) is 5.20. The number of carbonyl (C=O) groups is 2. The van der Waals surface area contributed by atoms with E-state index in [0.717, 1.165) is 10.9 Å². The molecule has 0 aliphatic carbocycles. The molecule has 2 atom stereocenters. The predicted octanol–water partition coefficient (Wildman–Crippen LogP) is 4.05. The second kappa shape index (κ2) is 10.4. The SMILES string of the molecule is CC(C)n1nc(C(=O)N[C@@H]2CC[C@H](CC3(O)CCOCC3)N(C(=O)OC(C)(C)C)C2)c2ccccc21. The lowest BCUT2D eigenvalue weighted by Gasteiger charge is -2.44. The van der Waals surface area contributed by atoms with E-state index in [1.807, 2.05) is 63.6 Å². The third-order valence-electron chi connectivity index (χ3n) is 7.03. The third kappa shape index (κ3) is 6.00. The Morgan fingerprint density at radius 2 is 1.92 bits per heavy atom. The van der Waals surface area contributed by atoms with E-state index in [1.54, 1.807) is 4.90 Å². The molecule has 0 bridgehead atoms. The molecule has 2 aliphatic rings. The van der Waals surface area contributed by atoms with E-state index in [1.165, 1.54) is 0 Å². The normalized spacial score (nSPS) is 22.6. The smallest absolute Gasteiger partial charge is 0.410 e. The fourth-order valence-electron chi connectivity index (χ4n) is 5.20. The molecule has 2 N–H and O–H groups in total. The number of fused-ring (bicyclic) bond motifs is 1. The number of para-hydroxylation sites is 1. The van der Waals surface area contributed by atoms with Gasteiger partial charge in [-0.15, -0.1) is 0 Å². The molecule has 0 radical (unpaired) electrons. The summed E-state index contributed by atoms with van der Waals surface area (Å²) in [5, 5.41) is 19.7. The van der Waals surface area contributed by atoms with Crippen LogP contribution in [0, 0.1) is 0 Å². The zero-order chi connectivity index (χ0) is 26.1. The monoisotopic (exact) mass is 500 g/mol. The molecular weight excluding hydrogens is 460 g/mol. The highest BCUT2D eigenvalue weighted by atomic mass is 16.6. The van der Waals surface area contributed by atoms with Gasteiger partial charge in [-0.25, -0.2) is 4.79 Å². The van der Waals surface area contributed by atoms with Crippen LogP contribution in [0.5, 0.6) is 0 Å². The minimum atomic E-state index is -0.859. The Kier molecular flexibility index (Phi) is 7.61. The Hall–Kier alpha value is -2.65. The maximum absolute atomic E-state index is 13.3. The lowest BCUT2D eigenvalue weighted by molar-refractivity contribution is -0.0848. The molecule has 0 spiro atoms. The van der Waals surface area contributed by atoms with Crippen molar-refractivity contribution in [3.8, 4) is 0 Å². The average molecular weight is 501 g/mol. The molecule has 2 aliphatic heterocycles. The highest BCUT2D eigenvalue weighted by molar-refractivity contribution is 6.05. The van der Waals surface area contributed by atoms with Crippen molar-refractivity contribution in [3.05, 3.63) is 30.0 Å². The summed E-state index contributed by atoms with van der Waals surface area (Å²) in [5.74, 6) is -0.249. The van der Waals surface area contributed by atoms with Crippen LogP contribution in [0.3, 0.4) is 0 Å². The first-order valence-corrected chi connectivity index (χ1v) is 13.0. The maximum Gasteiger partial charge on any atom is 0.410 e. The van der Waals surface area contributed by atoms with Gasteiger partial charge in [-0.1, -0.05) is 18.2 Å².